The van der Waals surface area contributed by atoms with Crippen LogP contribution < -0.4 is 29.4 Å². The molecule has 0 aliphatic carbocycles. The van der Waals surface area contributed by atoms with Gasteiger partial charge in [-0.25, -0.2) is 4.98 Å². The normalized spacial score (nSPS) is 13.7. The lowest BCUT2D eigenvalue weighted by molar-refractivity contribution is 0.957. The van der Waals surface area contributed by atoms with E-state index in [1.165, 1.54) is 0 Å². The molecule has 0 radical (unpaired) electrons. The molecule has 294 valence electrons. The molecule has 0 saturated carbocycles. The second-order valence-corrected chi connectivity index (χ2v) is 15.9. The van der Waals surface area contributed by atoms with E-state index in [9.17, 15) is 0 Å². The average Bonchev–Trinajstić information content (AvgIpc) is 3.65. The molecule has 0 N–H and O–H groups in total. The Morgan fingerprint density at radius 3 is 1.00 bits per heavy atom. The quantitative estimate of drug-likeness (QED) is 0.176. The number of imidazole rings is 1. The number of fused-ring (bicyclic) bond motifs is 7. The Kier molecular flexibility index (Phi) is 7.62. The number of anilines is 15. The van der Waals surface area contributed by atoms with E-state index in [0.29, 0.717) is 0 Å². The van der Waals surface area contributed by atoms with Gasteiger partial charge in [0.15, 0.2) is 0 Å². The summed E-state index contributed by atoms with van der Waals surface area (Å²) >= 11 is 0. The number of aromatic nitrogens is 2. The van der Waals surface area contributed by atoms with Crippen molar-refractivity contribution in [1.29, 1.82) is 0 Å². The highest BCUT2D eigenvalue weighted by Gasteiger charge is 2.39. The minimum atomic E-state index is 0.867. The molecule has 0 saturated heterocycles. The van der Waals surface area contributed by atoms with Gasteiger partial charge in [-0.3, -0.25) is 0 Å². The number of para-hydroxylation sites is 14. The van der Waals surface area contributed by atoms with E-state index >= 15 is 0 Å². The van der Waals surface area contributed by atoms with Crippen molar-refractivity contribution in [2.75, 3.05) is 50.5 Å². The summed E-state index contributed by atoms with van der Waals surface area (Å²) in [5.74, 6) is 0.867. The van der Waals surface area contributed by atoms with Crippen LogP contribution in [-0.2, 0) is 7.05 Å². The van der Waals surface area contributed by atoms with Crippen molar-refractivity contribution in [2.24, 2.45) is 7.05 Å². The SMILES string of the molecule is CN1c2ccccc2N(c2ccc(N3c4ccccc4N(C)c4ccccc43)c(N3c4ccccc4N(C)c4ccccc43)c2-c2nc3ccccc3n2C)c2ccccc21. The lowest BCUT2D eigenvalue weighted by Crippen LogP contribution is -2.29. The summed E-state index contributed by atoms with van der Waals surface area (Å²) < 4.78 is 2.27. The van der Waals surface area contributed by atoms with Gasteiger partial charge in [0.1, 0.15) is 5.82 Å². The molecule has 8 heteroatoms. The van der Waals surface area contributed by atoms with Crippen LogP contribution in [0.4, 0.5) is 85.3 Å². The van der Waals surface area contributed by atoms with Gasteiger partial charge in [0, 0.05) is 28.2 Å². The van der Waals surface area contributed by atoms with Crippen LogP contribution in [0.15, 0.2) is 182 Å². The highest BCUT2D eigenvalue weighted by molar-refractivity contribution is 6.13. The summed E-state index contributed by atoms with van der Waals surface area (Å²) in [6.07, 6.45) is 0. The zero-order chi connectivity index (χ0) is 40.9. The van der Waals surface area contributed by atoms with Crippen LogP contribution in [0.1, 0.15) is 0 Å². The monoisotopic (exact) mass is 790 g/mol. The lowest BCUT2D eigenvalue weighted by atomic mass is 9.97. The largest absolute Gasteiger partial charge is 0.341 e. The molecule has 3 aliphatic heterocycles. The fourth-order valence-corrected chi connectivity index (χ4v) is 9.91. The highest BCUT2D eigenvalue weighted by atomic mass is 15.3. The first-order chi connectivity index (χ1) is 30.0. The summed E-state index contributed by atoms with van der Waals surface area (Å²) in [6.45, 7) is 0. The average molecular weight is 791 g/mol. The van der Waals surface area contributed by atoms with Crippen molar-refractivity contribution < 1.29 is 0 Å². The summed E-state index contributed by atoms with van der Waals surface area (Å²) in [5, 5.41) is 0. The van der Waals surface area contributed by atoms with Gasteiger partial charge in [0.25, 0.3) is 0 Å². The Labute approximate surface area is 355 Å². The van der Waals surface area contributed by atoms with Gasteiger partial charge in [-0.05, 0) is 97.1 Å². The maximum atomic E-state index is 5.60. The number of rotatable bonds is 4. The van der Waals surface area contributed by atoms with E-state index in [1.807, 2.05) is 0 Å². The van der Waals surface area contributed by atoms with E-state index in [0.717, 1.165) is 108 Å². The van der Waals surface area contributed by atoms with Crippen LogP contribution in [-0.4, -0.2) is 30.7 Å². The van der Waals surface area contributed by atoms with Gasteiger partial charge in [-0.2, -0.15) is 0 Å². The number of hydrogen-bond acceptors (Lipinski definition) is 7. The minimum absolute atomic E-state index is 0.867. The third kappa shape index (κ3) is 4.96. The second-order valence-electron chi connectivity index (χ2n) is 15.9. The minimum Gasteiger partial charge on any atom is -0.341 e. The molecule has 12 rings (SSSR count). The number of benzene rings is 8. The Morgan fingerprint density at radius 2 is 0.607 bits per heavy atom. The first-order valence-corrected chi connectivity index (χ1v) is 20.7. The fraction of sp³-hybridized carbons (Fsp3) is 0.0755. The van der Waals surface area contributed by atoms with E-state index in [2.05, 4.69) is 244 Å². The lowest BCUT2D eigenvalue weighted by Gasteiger charge is -2.44. The van der Waals surface area contributed by atoms with Gasteiger partial charge in [-0.15, -0.1) is 0 Å². The molecule has 0 bridgehead atoms. The van der Waals surface area contributed by atoms with E-state index in [-0.39, 0.29) is 0 Å². The third-order valence-corrected chi connectivity index (χ3v) is 12.8. The van der Waals surface area contributed by atoms with Gasteiger partial charge in [0.05, 0.1) is 102 Å². The molecule has 61 heavy (non-hydrogen) atoms. The number of aryl methyl sites for hydroxylation is 1. The summed E-state index contributed by atoms with van der Waals surface area (Å²) in [6, 6.07) is 65.6. The molecular weight excluding hydrogens is 749 g/mol. The molecule has 3 aliphatic rings. The smallest absolute Gasteiger partial charge is 0.145 e. The van der Waals surface area contributed by atoms with Crippen molar-refractivity contribution in [2.45, 2.75) is 0 Å². The Hall–Kier alpha value is -7.97. The summed E-state index contributed by atoms with van der Waals surface area (Å²) in [5.41, 5.74) is 19.4. The molecule has 0 amide bonds. The maximum absolute atomic E-state index is 5.60. The molecule has 8 nitrogen and oxygen atoms in total. The molecule has 0 fully saturated rings. The first-order valence-electron chi connectivity index (χ1n) is 20.7. The van der Waals surface area contributed by atoms with Crippen molar-refractivity contribution in [1.82, 2.24) is 9.55 Å². The number of hydrogen-bond donors (Lipinski definition) is 0. The predicted octanol–water partition coefficient (Wildman–Crippen LogP) is 13.9. The predicted molar refractivity (Wildman–Crippen MR) is 254 cm³/mol. The topological polar surface area (TPSA) is 37.3 Å². The van der Waals surface area contributed by atoms with Gasteiger partial charge in [0.2, 0.25) is 0 Å². The molecule has 0 spiro atoms. The molecule has 9 aromatic rings. The second kappa shape index (κ2) is 13.3. The van der Waals surface area contributed by atoms with E-state index in [1.54, 1.807) is 0 Å². The molecule has 0 unspecified atom stereocenters. The van der Waals surface area contributed by atoms with Crippen molar-refractivity contribution in [3.05, 3.63) is 182 Å². The Balaban J connectivity index is 1.29. The molecule has 1 aromatic heterocycles. The molecule has 8 aromatic carbocycles. The molecule has 0 atom stereocenters. The van der Waals surface area contributed by atoms with E-state index < -0.39 is 0 Å². The van der Waals surface area contributed by atoms with E-state index in [4.69, 9.17) is 4.98 Å². The van der Waals surface area contributed by atoms with Crippen LogP contribution >= 0.6 is 0 Å². The Morgan fingerprint density at radius 1 is 0.295 bits per heavy atom. The summed E-state index contributed by atoms with van der Waals surface area (Å²) in [7, 11) is 8.66. The van der Waals surface area contributed by atoms with Crippen molar-refractivity contribution in [3.63, 3.8) is 0 Å². The van der Waals surface area contributed by atoms with Gasteiger partial charge in [-0.1, -0.05) is 84.9 Å². The van der Waals surface area contributed by atoms with Crippen LogP contribution in [0.5, 0.6) is 0 Å². The maximum Gasteiger partial charge on any atom is 0.145 e. The van der Waals surface area contributed by atoms with Crippen LogP contribution in [0, 0.1) is 0 Å². The molecule has 4 heterocycles. The van der Waals surface area contributed by atoms with Gasteiger partial charge >= 0.3 is 0 Å². The number of nitrogens with zero attached hydrogens (tertiary/aromatic N) is 8. The molecular formula is C53H42N8. The highest BCUT2D eigenvalue weighted by Crippen LogP contribution is 2.62. The Bertz CT molecular complexity index is 3080. The zero-order valence-electron chi connectivity index (χ0n) is 34.4. The standard InChI is InChI=1S/C53H42N8/c1-55-37-21-7-13-27-43(37)59(44-28-14-8-22-38(44)55)49-33-34-50(60-45-29-15-9-23-39(45)56(2)40-24-10-16-30-46(40)60)52(51(49)53-54-35-19-5-6-20-36(35)58(53)4)61-47-31-17-11-25-41(47)57(3)42-26-12-18-32-48(42)61/h5-34H,1-4H3. The van der Waals surface area contributed by atoms with Crippen molar-refractivity contribution >= 4 is 96.3 Å². The first kappa shape index (κ1) is 35.0. The van der Waals surface area contributed by atoms with Gasteiger partial charge < -0.3 is 34.0 Å². The third-order valence-electron chi connectivity index (χ3n) is 12.8. The zero-order valence-corrected chi connectivity index (χ0v) is 34.4. The van der Waals surface area contributed by atoms with Crippen molar-refractivity contribution in [3.8, 4) is 11.4 Å². The van der Waals surface area contributed by atoms with Crippen LogP contribution in [0.25, 0.3) is 22.4 Å². The van der Waals surface area contributed by atoms with Crippen LogP contribution in [0.2, 0.25) is 0 Å². The summed E-state index contributed by atoms with van der Waals surface area (Å²) in [4.78, 5) is 19.9. The van der Waals surface area contributed by atoms with Crippen LogP contribution in [0.3, 0.4) is 0 Å². The fourth-order valence-electron chi connectivity index (χ4n) is 9.91.